The van der Waals surface area contributed by atoms with Gasteiger partial charge in [0, 0.05) is 55.6 Å². The van der Waals surface area contributed by atoms with Gasteiger partial charge in [0.15, 0.2) is 5.54 Å². The normalized spacial score (nSPS) is 20.4. The van der Waals surface area contributed by atoms with Crippen molar-refractivity contribution in [3.63, 3.8) is 0 Å². The Labute approximate surface area is 249 Å². The summed E-state index contributed by atoms with van der Waals surface area (Å²) in [5.74, 6) is -0.750. The van der Waals surface area contributed by atoms with E-state index >= 15 is 4.79 Å². The van der Waals surface area contributed by atoms with E-state index < -0.39 is 27.4 Å². The first-order valence-corrected chi connectivity index (χ1v) is 14.9. The molecule has 0 spiro atoms. The van der Waals surface area contributed by atoms with Crippen molar-refractivity contribution in [1.29, 1.82) is 0 Å². The topological polar surface area (TPSA) is 119 Å². The van der Waals surface area contributed by atoms with Crippen LogP contribution in [0.2, 0.25) is 5.02 Å². The minimum Gasteiger partial charge on any atom is -0.497 e. The number of carbonyl (C=O) groups is 2. The summed E-state index contributed by atoms with van der Waals surface area (Å²) >= 11 is 6.51. The third kappa shape index (κ3) is 4.45. The van der Waals surface area contributed by atoms with Gasteiger partial charge in [-0.2, -0.15) is 0 Å². The van der Waals surface area contributed by atoms with Gasteiger partial charge in [-0.25, -0.2) is 17.7 Å². The number of aromatic nitrogens is 1. The van der Waals surface area contributed by atoms with Gasteiger partial charge in [0.1, 0.15) is 16.4 Å². The van der Waals surface area contributed by atoms with Gasteiger partial charge in [-0.05, 0) is 48.9 Å². The SMILES string of the molecule is COc1ccc(S(=O)(=O)N2C(=O)C(c3cccnc3OC)(N3CCC(C(=O)N(C)C)C3)c3cc(Cl)ccc32)c(OC)c1. The van der Waals surface area contributed by atoms with Crippen LogP contribution < -0.4 is 18.5 Å². The van der Waals surface area contributed by atoms with Crippen LogP contribution in [0.3, 0.4) is 0 Å². The number of anilines is 1. The highest BCUT2D eigenvalue weighted by molar-refractivity contribution is 7.93. The van der Waals surface area contributed by atoms with Gasteiger partial charge < -0.3 is 19.1 Å². The molecule has 0 N–H and O–H groups in total. The molecule has 11 nitrogen and oxygen atoms in total. The van der Waals surface area contributed by atoms with E-state index in [2.05, 4.69) is 4.98 Å². The van der Waals surface area contributed by atoms with Crippen LogP contribution in [0.4, 0.5) is 5.69 Å². The van der Waals surface area contributed by atoms with E-state index in [9.17, 15) is 13.2 Å². The molecule has 1 aromatic heterocycles. The number of benzene rings is 2. The van der Waals surface area contributed by atoms with Crippen LogP contribution in [-0.4, -0.2) is 83.5 Å². The molecular formula is C29H31ClN4O7S. The molecule has 13 heteroatoms. The Morgan fingerprint density at radius 2 is 1.81 bits per heavy atom. The zero-order chi connectivity index (χ0) is 30.4. The molecule has 2 aromatic carbocycles. The molecular weight excluding hydrogens is 584 g/mol. The molecule has 3 aromatic rings. The summed E-state index contributed by atoms with van der Waals surface area (Å²) in [6, 6.07) is 12.2. The number of carbonyl (C=O) groups excluding carboxylic acids is 2. The molecule has 1 saturated heterocycles. The van der Waals surface area contributed by atoms with Crippen molar-refractivity contribution in [3.05, 3.63) is 70.9 Å². The van der Waals surface area contributed by atoms with Crippen molar-refractivity contribution in [1.82, 2.24) is 14.8 Å². The number of halogens is 1. The molecule has 5 rings (SSSR count). The average Bonchev–Trinajstić information content (AvgIpc) is 3.57. The molecule has 2 amide bonds. The molecule has 2 aliphatic rings. The third-order valence-electron chi connectivity index (χ3n) is 7.76. The van der Waals surface area contributed by atoms with Gasteiger partial charge in [0.25, 0.3) is 15.9 Å². The van der Waals surface area contributed by atoms with Gasteiger partial charge in [0.2, 0.25) is 11.8 Å². The van der Waals surface area contributed by atoms with Crippen LogP contribution in [0.5, 0.6) is 17.4 Å². The summed E-state index contributed by atoms with van der Waals surface area (Å²) in [6.07, 6.45) is 1.98. The summed E-state index contributed by atoms with van der Waals surface area (Å²) < 4.78 is 46.0. The number of nitrogens with zero attached hydrogens (tertiary/aromatic N) is 4. The number of ether oxygens (including phenoxy) is 3. The van der Waals surface area contributed by atoms with Gasteiger partial charge >= 0.3 is 0 Å². The van der Waals surface area contributed by atoms with E-state index in [4.69, 9.17) is 25.8 Å². The molecule has 2 unspecified atom stereocenters. The smallest absolute Gasteiger partial charge is 0.274 e. The van der Waals surface area contributed by atoms with Gasteiger partial charge in [0.05, 0.1) is 32.9 Å². The number of amides is 2. The quantitative estimate of drug-likeness (QED) is 0.377. The fourth-order valence-corrected chi connectivity index (χ4v) is 7.64. The fraction of sp³-hybridized carbons (Fsp3) is 0.345. The van der Waals surface area contributed by atoms with Crippen molar-refractivity contribution >= 4 is 39.1 Å². The van der Waals surface area contributed by atoms with E-state index in [1.54, 1.807) is 32.3 Å². The lowest BCUT2D eigenvalue weighted by Gasteiger charge is -2.38. The predicted octanol–water partition coefficient (Wildman–Crippen LogP) is 3.15. The van der Waals surface area contributed by atoms with Crippen molar-refractivity contribution in [3.8, 4) is 17.4 Å². The first kappa shape index (κ1) is 29.6. The zero-order valence-electron chi connectivity index (χ0n) is 23.8. The Kier molecular flexibility index (Phi) is 7.82. The Morgan fingerprint density at radius 3 is 2.48 bits per heavy atom. The lowest BCUT2D eigenvalue weighted by molar-refractivity contribution is -0.133. The van der Waals surface area contributed by atoms with Crippen LogP contribution in [0.25, 0.3) is 0 Å². The highest BCUT2D eigenvalue weighted by Crippen LogP contribution is 2.54. The number of rotatable bonds is 8. The van der Waals surface area contributed by atoms with Gasteiger partial charge in [-0.3, -0.25) is 14.5 Å². The minimum atomic E-state index is -4.56. The molecule has 42 heavy (non-hydrogen) atoms. The lowest BCUT2D eigenvalue weighted by atomic mass is 9.82. The summed E-state index contributed by atoms with van der Waals surface area (Å²) in [5.41, 5.74) is -0.942. The Bertz CT molecular complexity index is 1670. The number of pyridine rings is 1. The summed E-state index contributed by atoms with van der Waals surface area (Å²) in [7, 11) is 3.02. The van der Waals surface area contributed by atoms with Crippen LogP contribution in [0.15, 0.2) is 59.6 Å². The predicted molar refractivity (Wildman–Crippen MR) is 156 cm³/mol. The van der Waals surface area contributed by atoms with E-state index in [1.807, 2.05) is 4.90 Å². The van der Waals surface area contributed by atoms with E-state index in [0.29, 0.717) is 34.9 Å². The average molecular weight is 615 g/mol. The Balaban J connectivity index is 1.79. The monoisotopic (exact) mass is 614 g/mol. The van der Waals surface area contributed by atoms with Crippen molar-refractivity contribution in [2.75, 3.05) is 52.8 Å². The highest BCUT2D eigenvalue weighted by atomic mass is 35.5. The maximum Gasteiger partial charge on any atom is 0.274 e. The van der Waals surface area contributed by atoms with Crippen LogP contribution >= 0.6 is 11.6 Å². The molecule has 2 atom stereocenters. The molecule has 0 bridgehead atoms. The number of hydrogen-bond donors (Lipinski definition) is 0. The molecule has 0 saturated carbocycles. The molecule has 222 valence electrons. The number of methoxy groups -OCH3 is 3. The van der Waals surface area contributed by atoms with E-state index in [-0.39, 0.29) is 34.7 Å². The first-order valence-electron chi connectivity index (χ1n) is 13.1. The second kappa shape index (κ2) is 11.1. The number of likely N-dealkylation sites (tertiary alicyclic amines) is 1. The Morgan fingerprint density at radius 1 is 1.05 bits per heavy atom. The molecule has 1 fully saturated rings. The largest absolute Gasteiger partial charge is 0.497 e. The summed E-state index contributed by atoms with van der Waals surface area (Å²) in [6.45, 7) is 0.506. The Hall–Kier alpha value is -3.87. The van der Waals surface area contributed by atoms with Gasteiger partial charge in [-0.1, -0.05) is 11.6 Å². The first-order chi connectivity index (χ1) is 20.0. The second-order valence-electron chi connectivity index (χ2n) is 10.2. The summed E-state index contributed by atoms with van der Waals surface area (Å²) in [4.78, 5) is 35.5. The molecule has 0 radical (unpaired) electrons. The minimum absolute atomic E-state index is 0.00642. The second-order valence-corrected chi connectivity index (χ2v) is 12.4. The van der Waals surface area contributed by atoms with Crippen LogP contribution in [-0.2, 0) is 25.2 Å². The van der Waals surface area contributed by atoms with Gasteiger partial charge in [-0.15, -0.1) is 0 Å². The standard InChI is InChI=1S/C29H31ClN4O7S/c1-32(2)27(35)18-12-14-33(17-18)29(21-7-6-13-31-26(21)41-5)22-15-19(30)8-10-23(22)34(28(29)36)42(37,38)25-11-9-20(39-3)16-24(25)40-4/h6-11,13,15-16,18H,12,14,17H2,1-5H3. The lowest BCUT2D eigenvalue weighted by Crippen LogP contribution is -2.54. The maximum absolute atomic E-state index is 15.0. The van der Waals surface area contributed by atoms with E-state index in [1.165, 1.54) is 62.8 Å². The number of hydrogen-bond acceptors (Lipinski definition) is 9. The third-order valence-corrected chi connectivity index (χ3v) is 9.73. The highest BCUT2D eigenvalue weighted by Gasteiger charge is 2.62. The number of sulfonamides is 1. The molecule has 3 heterocycles. The fourth-order valence-electron chi connectivity index (χ4n) is 5.87. The number of fused-ring (bicyclic) bond motifs is 1. The summed E-state index contributed by atoms with van der Waals surface area (Å²) in [5, 5.41) is 0.301. The van der Waals surface area contributed by atoms with Crippen LogP contribution in [0, 0.1) is 5.92 Å². The van der Waals surface area contributed by atoms with Crippen molar-refractivity contribution in [2.45, 2.75) is 16.9 Å². The molecule has 2 aliphatic heterocycles. The van der Waals surface area contributed by atoms with E-state index in [0.717, 1.165) is 4.31 Å². The molecule has 0 aliphatic carbocycles. The van der Waals surface area contributed by atoms with Crippen molar-refractivity contribution in [2.24, 2.45) is 5.92 Å². The maximum atomic E-state index is 15.0. The van der Waals surface area contributed by atoms with Crippen molar-refractivity contribution < 1.29 is 32.2 Å². The zero-order valence-corrected chi connectivity index (χ0v) is 25.4. The van der Waals surface area contributed by atoms with Crippen LogP contribution in [0.1, 0.15) is 17.5 Å².